The summed E-state index contributed by atoms with van der Waals surface area (Å²) < 4.78 is 0. The molecule has 0 aliphatic carbocycles. The third-order valence-corrected chi connectivity index (χ3v) is 3.77. The van der Waals surface area contributed by atoms with Crippen LogP contribution in [0.2, 0.25) is 0 Å². The Morgan fingerprint density at radius 2 is 2.22 bits per heavy atom. The van der Waals surface area contributed by atoms with Gasteiger partial charge in [0.2, 0.25) is 0 Å². The first-order valence-electron chi connectivity index (χ1n) is 7.16. The number of nitrogens with one attached hydrogen (secondary N) is 1. The van der Waals surface area contributed by atoms with Crippen LogP contribution < -0.4 is 10.2 Å². The van der Waals surface area contributed by atoms with Crippen LogP contribution in [0.3, 0.4) is 0 Å². The maximum absolute atomic E-state index is 4.36. The van der Waals surface area contributed by atoms with Crippen molar-refractivity contribution in [1.29, 1.82) is 0 Å². The molecule has 3 nitrogen and oxygen atoms in total. The van der Waals surface area contributed by atoms with Crippen molar-refractivity contribution in [2.24, 2.45) is 5.92 Å². The van der Waals surface area contributed by atoms with Crippen LogP contribution in [-0.4, -0.2) is 24.1 Å². The standard InChI is InChI=1S/C15H25N3/c1-4-6-17-14-9-15(11-16-10-14)18-7-5-12(2)8-13(18)3/h9-13,17H,4-8H2,1-3H3. The molecule has 3 heteroatoms. The van der Waals surface area contributed by atoms with E-state index in [1.165, 1.54) is 18.5 Å². The van der Waals surface area contributed by atoms with Crippen molar-refractivity contribution in [3.05, 3.63) is 18.5 Å². The Balaban J connectivity index is 2.07. The van der Waals surface area contributed by atoms with E-state index in [2.05, 4.69) is 42.0 Å². The van der Waals surface area contributed by atoms with Crippen LogP contribution >= 0.6 is 0 Å². The number of aromatic nitrogens is 1. The van der Waals surface area contributed by atoms with Crippen molar-refractivity contribution in [2.45, 2.75) is 46.1 Å². The normalized spacial score (nSPS) is 24.1. The van der Waals surface area contributed by atoms with Crippen molar-refractivity contribution in [3.63, 3.8) is 0 Å². The minimum absolute atomic E-state index is 0.622. The molecule has 0 spiro atoms. The molecule has 1 aliphatic heterocycles. The lowest BCUT2D eigenvalue weighted by Gasteiger charge is -2.38. The van der Waals surface area contributed by atoms with Gasteiger partial charge in [0.15, 0.2) is 0 Å². The van der Waals surface area contributed by atoms with E-state index in [0.717, 1.165) is 31.1 Å². The van der Waals surface area contributed by atoms with Gasteiger partial charge >= 0.3 is 0 Å². The smallest absolute Gasteiger partial charge is 0.0575 e. The highest BCUT2D eigenvalue weighted by atomic mass is 15.2. The second-order valence-electron chi connectivity index (χ2n) is 5.53. The predicted octanol–water partition coefficient (Wildman–Crippen LogP) is 3.53. The van der Waals surface area contributed by atoms with Gasteiger partial charge in [-0.15, -0.1) is 0 Å². The van der Waals surface area contributed by atoms with E-state index < -0.39 is 0 Å². The van der Waals surface area contributed by atoms with Crippen LogP contribution in [-0.2, 0) is 0 Å². The number of nitrogens with zero attached hydrogens (tertiary/aromatic N) is 2. The van der Waals surface area contributed by atoms with Gasteiger partial charge in [0.1, 0.15) is 0 Å². The zero-order valence-electron chi connectivity index (χ0n) is 11.8. The molecular formula is C15H25N3. The summed E-state index contributed by atoms with van der Waals surface area (Å²) in [6, 6.07) is 2.85. The van der Waals surface area contributed by atoms with Gasteiger partial charge in [-0.1, -0.05) is 13.8 Å². The van der Waals surface area contributed by atoms with E-state index in [9.17, 15) is 0 Å². The molecular weight excluding hydrogens is 222 g/mol. The lowest BCUT2D eigenvalue weighted by molar-refractivity contribution is 0.378. The number of hydrogen-bond acceptors (Lipinski definition) is 3. The lowest BCUT2D eigenvalue weighted by Crippen LogP contribution is -2.40. The van der Waals surface area contributed by atoms with Crippen molar-refractivity contribution >= 4 is 11.4 Å². The predicted molar refractivity (Wildman–Crippen MR) is 78.2 cm³/mol. The lowest BCUT2D eigenvalue weighted by atomic mass is 9.93. The van der Waals surface area contributed by atoms with Crippen molar-refractivity contribution < 1.29 is 0 Å². The van der Waals surface area contributed by atoms with E-state index in [1.54, 1.807) is 0 Å². The van der Waals surface area contributed by atoms with Crippen LogP contribution in [0, 0.1) is 5.92 Å². The molecule has 2 atom stereocenters. The van der Waals surface area contributed by atoms with Gasteiger partial charge in [0.05, 0.1) is 23.8 Å². The van der Waals surface area contributed by atoms with Gasteiger partial charge < -0.3 is 10.2 Å². The average molecular weight is 247 g/mol. The molecule has 0 bridgehead atoms. The molecule has 18 heavy (non-hydrogen) atoms. The van der Waals surface area contributed by atoms with E-state index >= 15 is 0 Å². The molecule has 1 fully saturated rings. The maximum Gasteiger partial charge on any atom is 0.0575 e. The summed E-state index contributed by atoms with van der Waals surface area (Å²) >= 11 is 0. The summed E-state index contributed by atoms with van der Waals surface area (Å²) in [6.45, 7) is 9.02. The first kappa shape index (κ1) is 13.2. The number of pyridine rings is 1. The minimum atomic E-state index is 0.622. The quantitative estimate of drug-likeness (QED) is 0.882. The van der Waals surface area contributed by atoms with Crippen LogP contribution in [0.4, 0.5) is 11.4 Å². The summed E-state index contributed by atoms with van der Waals surface area (Å²) in [5, 5.41) is 3.41. The van der Waals surface area contributed by atoms with Crippen molar-refractivity contribution in [2.75, 3.05) is 23.3 Å². The van der Waals surface area contributed by atoms with Gasteiger partial charge in [-0.25, -0.2) is 0 Å². The Morgan fingerprint density at radius 3 is 2.94 bits per heavy atom. The van der Waals surface area contributed by atoms with E-state index in [1.807, 2.05) is 12.4 Å². The number of rotatable bonds is 4. The molecule has 2 unspecified atom stereocenters. The first-order chi connectivity index (χ1) is 8.70. The summed E-state index contributed by atoms with van der Waals surface area (Å²) in [4.78, 5) is 6.85. The third kappa shape index (κ3) is 3.15. The van der Waals surface area contributed by atoms with Crippen LogP contribution in [0.25, 0.3) is 0 Å². The fourth-order valence-electron chi connectivity index (χ4n) is 2.74. The highest BCUT2D eigenvalue weighted by Crippen LogP contribution is 2.28. The molecule has 0 radical (unpaired) electrons. The SMILES string of the molecule is CCCNc1cncc(N2CCC(C)CC2C)c1. The first-order valence-corrected chi connectivity index (χ1v) is 7.16. The Morgan fingerprint density at radius 1 is 1.39 bits per heavy atom. The molecule has 1 N–H and O–H groups in total. The monoisotopic (exact) mass is 247 g/mol. The average Bonchev–Trinajstić information content (AvgIpc) is 2.36. The molecule has 1 aliphatic rings. The maximum atomic E-state index is 4.36. The second-order valence-corrected chi connectivity index (χ2v) is 5.53. The Labute approximate surface area is 111 Å². The minimum Gasteiger partial charge on any atom is -0.384 e. The molecule has 1 saturated heterocycles. The van der Waals surface area contributed by atoms with Gasteiger partial charge in [-0.2, -0.15) is 0 Å². The Bertz CT molecular complexity index is 378. The van der Waals surface area contributed by atoms with E-state index in [-0.39, 0.29) is 0 Å². The number of hydrogen-bond donors (Lipinski definition) is 1. The summed E-state index contributed by atoms with van der Waals surface area (Å²) in [5.41, 5.74) is 2.40. The highest BCUT2D eigenvalue weighted by Gasteiger charge is 2.23. The summed E-state index contributed by atoms with van der Waals surface area (Å²) in [5.74, 6) is 0.852. The molecule has 100 valence electrons. The molecule has 0 aromatic carbocycles. The highest BCUT2D eigenvalue weighted by molar-refractivity contribution is 5.56. The van der Waals surface area contributed by atoms with Gasteiger partial charge in [-0.05, 0) is 38.2 Å². The zero-order chi connectivity index (χ0) is 13.0. The molecule has 1 aromatic rings. The Hall–Kier alpha value is -1.25. The zero-order valence-corrected chi connectivity index (χ0v) is 11.8. The fourth-order valence-corrected chi connectivity index (χ4v) is 2.74. The van der Waals surface area contributed by atoms with Gasteiger partial charge in [0.25, 0.3) is 0 Å². The van der Waals surface area contributed by atoms with Gasteiger partial charge in [0, 0.05) is 19.1 Å². The van der Waals surface area contributed by atoms with Crippen LogP contribution in [0.5, 0.6) is 0 Å². The molecule has 2 heterocycles. The van der Waals surface area contributed by atoms with E-state index in [4.69, 9.17) is 0 Å². The fraction of sp³-hybridized carbons (Fsp3) is 0.667. The molecule has 0 saturated carbocycles. The van der Waals surface area contributed by atoms with E-state index in [0.29, 0.717) is 6.04 Å². The number of anilines is 2. The second kappa shape index (κ2) is 6.07. The van der Waals surface area contributed by atoms with Gasteiger partial charge in [-0.3, -0.25) is 4.98 Å². The van der Waals surface area contributed by atoms with Crippen LogP contribution in [0.15, 0.2) is 18.5 Å². The molecule has 2 rings (SSSR count). The third-order valence-electron chi connectivity index (χ3n) is 3.77. The largest absolute Gasteiger partial charge is 0.384 e. The Kier molecular flexibility index (Phi) is 4.45. The summed E-state index contributed by atoms with van der Waals surface area (Å²) in [7, 11) is 0. The topological polar surface area (TPSA) is 28.2 Å². The number of piperidine rings is 1. The molecule has 0 amide bonds. The summed E-state index contributed by atoms with van der Waals surface area (Å²) in [6.07, 6.45) is 7.62. The van der Waals surface area contributed by atoms with Crippen molar-refractivity contribution in [1.82, 2.24) is 4.98 Å². The van der Waals surface area contributed by atoms with Crippen molar-refractivity contribution in [3.8, 4) is 0 Å². The molecule has 1 aromatic heterocycles. The van der Waals surface area contributed by atoms with Crippen LogP contribution in [0.1, 0.15) is 40.0 Å².